The molecule has 1 saturated carbocycles. The molecule has 1 aromatic carbocycles. The van der Waals surface area contributed by atoms with E-state index in [4.69, 9.17) is 4.74 Å². The van der Waals surface area contributed by atoms with E-state index in [1.807, 2.05) is 12.1 Å². The molecule has 2 aliphatic rings. The molecule has 5 nitrogen and oxygen atoms in total. The van der Waals surface area contributed by atoms with Gasteiger partial charge in [0.2, 0.25) is 0 Å². The zero-order chi connectivity index (χ0) is 15.4. The highest BCUT2D eigenvalue weighted by Gasteiger charge is 2.24. The van der Waals surface area contributed by atoms with Gasteiger partial charge in [0.05, 0.1) is 17.1 Å². The van der Waals surface area contributed by atoms with E-state index in [0.29, 0.717) is 12.2 Å². The number of rotatable bonds is 4. The van der Waals surface area contributed by atoms with Gasteiger partial charge < -0.3 is 9.64 Å². The molecule has 1 aliphatic heterocycles. The molecular formula is C17H24N2O3. The minimum atomic E-state index is -0.353. The van der Waals surface area contributed by atoms with Crippen molar-refractivity contribution in [3.8, 4) is 0 Å². The summed E-state index contributed by atoms with van der Waals surface area (Å²) in [4.78, 5) is 12.6. The summed E-state index contributed by atoms with van der Waals surface area (Å²) >= 11 is 0. The molecule has 0 N–H and O–H groups in total. The standard InChI is InChI=1S/C17H24N2O3/c20-19(21)15-8-6-14(7-9-15)18-12-10-17(11-13-18)22-16-4-2-1-3-5-16/h6-9,16-17H,1-5,10-13H2. The molecule has 1 aromatic rings. The van der Waals surface area contributed by atoms with E-state index in [-0.39, 0.29) is 10.6 Å². The van der Waals surface area contributed by atoms with E-state index in [1.165, 1.54) is 32.1 Å². The fourth-order valence-corrected chi connectivity index (χ4v) is 3.51. The summed E-state index contributed by atoms with van der Waals surface area (Å²) in [6.45, 7) is 1.93. The Morgan fingerprint density at radius 1 is 0.955 bits per heavy atom. The van der Waals surface area contributed by atoms with Crippen LogP contribution in [0.25, 0.3) is 0 Å². The lowest BCUT2D eigenvalue weighted by atomic mass is 9.97. The number of hydrogen-bond acceptors (Lipinski definition) is 4. The molecule has 1 aliphatic carbocycles. The topological polar surface area (TPSA) is 55.6 Å². The molecule has 0 aromatic heterocycles. The van der Waals surface area contributed by atoms with E-state index in [1.54, 1.807) is 12.1 Å². The largest absolute Gasteiger partial charge is 0.375 e. The van der Waals surface area contributed by atoms with Crippen molar-refractivity contribution < 1.29 is 9.66 Å². The van der Waals surface area contributed by atoms with Gasteiger partial charge in [-0.2, -0.15) is 0 Å². The number of non-ortho nitro benzene ring substituents is 1. The highest BCUT2D eigenvalue weighted by Crippen LogP contribution is 2.27. The number of nitrogens with zero attached hydrogens (tertiary/aromatic N) is 2. The van der Waals surface area contributed by atoms with Crippen LogP contribution in [0, 0.1) is 10.1 Å². The third-order valence-corrected chi connectivity index (χ3v) is 4.80. The van der Waals surface area contributed by atoms with Crippen molar-refractivity contribution in [1.29, 1.82) is 0 Å². The van der Waals surface area contributed by atoms with Gasteiger partial charge in [0, 0.05) is 30.9 Å². The van der Waals surface area contributed by atoms with E-state index in [2.05, 4.69) is 4.90 Å². The number of hydrogen-bond donors (Lipinski definition) is 0. The normalized spacial score (nSPS) is 21.0. The Hall–Kier alpha value is -1.62. The van der Waals surface area contributed by atoms with Gasteiger partial charge in [-0.25, -0.2) is 0 Å². The summed E-state index contributed by atoms with van der Waals surface area (Å²) in [5.74, 6) is 0. The molecule has 2 fully saturated rings. The Kier molecular flexibility index (Phi) is 4.93. The molecule has 22 heavy (non-hydrogen) atoms. The van der Waals surface area contributed by atoms with Crippen LogP contribution in [0.3, 0.4) is 0 Å². The molecule has 1 saturated heterocycles. The minimum Gasteiger partial charge on any atom is -0.375 e. The lowest BCUT2D eigenvalue weighted by Crippen LogP contribution is -2.38. The molecular weight excluding hydrogens is 280 g/mol. The van der Waals surface area contributed by atoms with E-state index >= 15 is 0 Å². The van der Waals surface area contributed by atoms with Crippen molar-refractivity contribution in [1.82, 2.24) is 0 Å². The second-order valence-corrected chi connectivity index (χ2v) is 6.36. The molecule has 3 rings (SSSR count). The molecule has 0 bridgehead atoms. The van der Waals surface area contributed by atoms with Crippen molar-refractivity contribution >= 4 is 11.4 Å². The Balaban J connectivity index is 1.49. The first kappa shape index (κ1) is 15.3. The molecule has 120 valence electrons. The van der Waals surface area contributed by atoms with Crippen LogP contribution in [0.4, 0.5) is 11.4 Å². The third kappa shape index (κ3) is 3.77. The first-order valence-electron chi connectivity index (χ1n) is 8.37. The van der Waals surface area contributed by atoms with Gasteiger partial charge in [0.25, 0.3) is 5.69 Å². The first-order chi connectivity index (χ1) is 10.7. The number of benzene rings is 1. The SMILES string of the molecule is O=[N+]([O-])c1ccc(N2CCC(OC3CCCCC3)CC2)cc1. The molecule has 0 unspecified atom stereocenters. The van der Waals surface area contributed by atoms with Crippen molar-refractivity contribution in [3.05, 3.63) is 34.4 Å². The van der Waals surface area contributed by atoms with E-state index in [9.17, 15) is 10.1 Å². The minimum absolute atomic E-state index is 0.152. The van der Waals surface area contributed by atoms with Gasteiger partial charge in [-0.05, 0) is 37.8 Å². The quantitative estimate of drug-likeness (QED) is 0.625. The van der Waals surface area contributed by atoms with Gasteiger partial charge in [-0.3, -0.25) is 10.1 Å². The van der Waals surface area contributed by atoms with Crippen LogP contribution in [-0.2, 0) is 4.74 Å². The highest BCUT2D eigenvalue weighted by atomic mass is 16.6. The van der Waals surface area contributed by atoms with Gasteiger partial charge in [0.1, 0.15) is 0 Å². The number of ether oxygens (including phenoxy) is 1. The smallest absolute Gasteiger partial charge is 0.269 e. The number of piperidine rings is 1. The predicted octanol–water partition coefficient (Wildman–Crippen LogP) is 3.91. The fraction of sp³-hybridized carbons (Fsp3) is 0.647. The first-order valence-corrected chi connectivity index (χ1v) is 8.37. The molecule has 1 heterocycles. The number of anilines is 1. The van der Waals surface area contributed by atoms with E-state index in [0.717, 1.165) is 31.6 Å². The Bertz CT molecular complexity index is 489. The van der Waals surface area contributed by atoms with Crippen LogP contribution < -0.4 is 4.90 Å². The summed E-state index contributed by atoms with van der Waals surface area (Å²) < 4.78 is 6.25. The molecule has 0 spiro atoms. The van der Waals surface area contributed by atoms with Crippen molar-refractivity contribution in [2.24, 2.45) is 0 Å². The summed E-state index contributed by atoms with van der Waals surface area (Å²) in [5.41, 5.74) is 1.22. The van der Waals surface area contributed by atoms with Crippen LogP contribution in [0.15, 0.2) is 24.3 Å². The lowest BCUT2D eigenvalue weighted by molar-refractivity contribution is -0.384. The second kappa shape index (κ2) is 7.09. The van der Waals surface area contributed by atoms with Crippen LogP contribution in [-0.4, -0.2) is 30.2 Å². The van der Waals surface area contributed by atoms with E-state index < -0.39 is 0 Å². The molecule has 0 atom stereocenters. The molecule has 5 heteroatoms. The van der Waals surface area contributed by atoms with Crippen LogP contribution in [0.1, 0.15) is 44.9 Å². The number of nitro benzene ring substituents is 1. The van der Waals surface area contributed by atoms with Gasteiger partial charge in [0.15, 0.2) is 0 Å². The van der Waals surface area contributed by atoms with Crippen molar-refractivity contribution in [2.45, 2.75) is 57.2 Å². The van der Waals surface area contributed by atoms with Crippen LogP contribution >= 0.6 is 0 Å². The van der Waals surface area contributed by atoms with Gasteiger partial charge in [-0.15, -0.1) is 0 Å². The molecule has 0 radical (unpaired) electrons. The van der Waals surface area contributed by atoms with Crippen LogP contribution in [0.5, 0.6) is 0 Å². The Labute approximate surface area is 131 Å². The summed E-state index contributed by atoms with van der Waals surface area (Å²) in [6.07, 6.45) is 9.39. The Morgan fingerprint density at radius 3 is 2.14 bits per heavy atom. The molecule has 0 amide bonds. The predicted molar refractivity (Wildman–Crippen MR) is 86.3 cm³/mol. The lowest BCUT2D eigenvalue weighted by Gasteiger charge is -2.36. The van der Waals surface area contributed by atoms with Crippen LogP contribution in [0.2, 0.25) is 0 Å². The second-order valence-electron chi connectivity index (χ2n) is 6.36. The van der Waals surface area contributed by atoms with Crippen molar-refractivity contribution in [2.75, 3.05) is 18.0 Å². The average Bonchev–Trinajstić information content (AvgIpc) is 2.57. The maximum absolute atomic E-state index is 10.7. The maximum atomic E-state index is 10.7. The number of nitro groups is 1. The average molecular weight is 304 g/mol. The fourth-order valence-electron chi connectivity index (χ4n) is 3.51. The third-order valence-electron chi connectivity index (χ3n) is 4.80. The van der Waals surface area contributed by atoms with Gasteiger partial charge in [-0.1, -0.05) is 19.3 Å². The summed E-state index contributed by atoms with van der Waals surface area (Å²) in [5, 5.41) is 10.7. The monoisotopic (exact) mass is 304 g/mol. The summed E-state index contributed by atoms with van der Waals surface area (Å²) in [6, 6.07) is 6.86. The zero-order valence-corrected chi connectivity index (χ0v) is 12.9. The Morgan fingerprint density at radius 2 is 1.55 bits per heavy atom. The highest BCUT2D eigenvalue weighted by molar-refractivity contribution is 5.51. The van der Waals surface area contributed by atoms with Crippen molar-refractivity contribution in [3.63, 3.8) is 0 Å². The summed E-state index contributed by atoms with van der Waals surface area (Å²) in [7, 11) is 0. The van der Waals surface area contributed by atoms with Gasteiger partial charge >= 0.3 is 0 Å². The zero-order valence-electron chi connectivity index (χ0n) is 12.9. The maximum Gasteiger partial charge on any atom is 0.269 e.